The van der Waals surface area contributed by atoms with Crippen molar-refractivity contribution in [2.45, 2.75) is 39.5 Å². The highest BCUT2D eigenvalue weighted by atomic mass is 16.6. The maximum atomic E-state index is 10.9. The van der Waals surface area contributed by atoms with Crippen molar-refractivity contribution in [1.82, 2.24) is 0 Å². The van der Waals surface area contributed by atoms with Gasteiger partial charge in [-0.3, -0.25) is 10.1 Å². The van der Waals surface area contributed by atoms with Gasteiger partial charge in [0.15, 0.2) is 0 Å². The van der Waals surface area contributed by atoms with E-state index in [0.29, 0.717) is 11.1 Å². The predicted octanol–water partition coefficient (Wildman–Crippen LogP) is 3.55. The summed E-state index contributed by atoms with van der Waals surface area (Å²) in [5.41, 5.74) is 1.42. The van der Waals surface area contributed by atoms with Crippen LogP contribution < -0.4 is 0 Å². The molecule has 0 aliphatic heterocycles. The predicted molar refractivity (Wildman–Crippen MR) is 62.9 cm³/mol. The molecule has 0 unspecified atom stereocenters. The SMILES string of the molecule is CC(C)c1c(O)ccc([N+](=O)[O-])c1C(C)C. The van der Waals surface area contributed by atoms with Gasteiger partial charge in [0, 0.05) is 17.2 Å². The van der Waals surface area contributed by atoms with Crippen molar-refractivity contribution < 1.29 is 10.0 Å². The normalized spacial score (nSPS) is 11.1. The van der Waals surface area contributed by atoms with Crippen LogP contribution in [0.3, 0.4) is 0 Å². The summed E-state index contributed by atoms with van der Waals surface area (Å²) in [5, 5.41) is 20.7. The number of rotatable bonds is 3. The van der Waals surface area contributed by atoms with Crippen molar-refractivity contribution in [3.05, 3.63) is 33.4 Å². The van der Waals surface area contributed by atoms with E-state index in [2.05, 4.69) is 0 Å². The molecule has 4 nitrogen and oxygen atoms in total. The molecular weight excluding hydrogens is 206 g/mol. The smallest absolute Gasteiger partial charge is 0.273 e. The molecule has 1 N–H and O–H groups in total. The molecule has 4 heteroatoms. The van der Waals surface area contributed by atoms with Gasteiger partial charge >= 0.3 is 0 Å². The molecular formula is C12H17NO3. The molecule has 0 aliphatic carbocycles. The molecule has 0 aromatic heterocycles. The number of aromatic hydroxyl groups is 1. The lowest BCUT2D eigenvalue weighted by molar-refractivity contribution is -0.385. The fraction of sp³-hybridized carbons (Fsp3) is 0.500. The van der Waals surface area contributed by atoms with Crippen LogP contribution in [0.15, 0.2) is 12.1 Å². The van der Waals surface area contributed by atoms with Crippen molar-refractivity contribution >= 4 is 5.69 Å². The number of benzene rings is 1. The molecule has 0 aliphatic rings. The van der Waals surface area contributed by atoms with E-state index in [9.17, 15) is 15.2 Å². The Balaban J connectivity index is 3.56. The Hall–Kier alpha value is -1.58. The lowest BCUT2D eigenvalue weighted by Crippen LogP contribution is -2.04. The third-order valence-corrected chi connectivity index (χ3v) is 2.59. The number of nitrogens with zero attached hydrogens (tertiary/aromatic N) is 1. The lowest BCUT2D eigenvalue weighted by atomic mass is 9.88. The van der Waals surface area contributed by atoms with Gasteiger partial charge in [0.25, 0.3) is 5.69 Å². The third-order valence-electron chi connectivity index (χ3n) is 2.59. The Morgan fingerprint density at radius 2 is 1.62 bits per heavy atom. The topological polar surface area (TPSA) is 63.4 Å². The Labute approximate surface area is 95.1 Å². The molecule has 1 aromatic rings. The summed E-state index contributed by atoms with van der Waals surface area (Å²) < 4.78 is 0. The minimum absolute atomic E-state index is 0.0184. The van der Waals surface area contributed by atoms with Crippen LogP contribution >= 0.6 is 0 Å². The number of phenols is 1. The van der Waals surface area contributed by atoms with E-state index in [-0.39, 0.29) is 28.2 Å². The molecule has 0 fully saturated rings. The summed E-state index contributed by atoms with van der Waals surface area (Å²) in [4.78, 5) is 10.5. The van der Waals surface area contributed by atoms with Gasteiger partial charge in [-0.2, -0.15) is 0 Å². The van der Waals surface area contributed by atoms with E-state index in [1.54, 1.807) is 0 Å². The highest BCUT2D eigenvalue weighted by Crippen LogP contribution is 2.39. The summed E-state index contributed by atoms with van der Waals surface area (Å²) in [6.07, 6.45) is 0. The first-order chi connectivity index (χ1) is 7.36. The number of hydrogen-bond donors (Lipinski definition) is 1. The second-order valence-corrected chi connectivity index (χ2v) is 4.50. The first-order valence-corrected chi connectivity index (χ1v) is 5.36. The number of nitro benzene ring substituents is 1. The summed E-state index contributed by atoms with van der Waals surface area (Å²) >= 11 is 0. The van der Waals surface area contributed by atoms with Crippen molar-refractivity contribution in [2.75, 3.05) is 0 Å². The van der Waals surface area contributed by atoms with Gasteiger partial charge in [-0.05, 0) is 17.9 Å². The summed E-state index contributed by atoms with van der Waals surface area (Å²) in [7, 11) is 0. The molecule has 0 saturated heterocycles. The standard InChI is InChI=1S/C12H17NO3/c1-7(2)11-9(13(15)16)5-6-10(14)12(11)8(3)4/h5-8,14H,1-4H3. The molecule has 88 valence electrons. The zero-order valence-corrected chi connectivity index (χ0v) is 10.0. The molecule has 1 rings (SSSR count). The second kappa shape index (κ2) is 4.51. The quantitative estimate of drug-likeness (QED) is 0.629. The molecule has 0 spiro atoms. The van der Waals surface area contributed by atoms with Gasteiger partial charge in [-0.15, -0.1) is 0 Å². The van der Waals surface area contributed by atoms with E-state index in [4.69, 9.17) is 0 Å². The van der Waals surface area contributed by atoms with Gasteiger partial charge in [0.2, 0.25) is 0 Å². The van der Waals surface area contributed by atoms with Gasteiger partial charge < -0.3 is 5.11 Å². The monoisotopic (exact) mass is 223 g/mol. The van der Waals surface area contributed by atoms with E-state index < -0.39 is 0 Å². The minimum Gasteiger partial charge on any atom is -0.508 e. The van der Waals surface area contributed by atoms with E-state index in [1.807, 2.05) is 27.7 Å². The van der Waals surface area contributed by atoms with Crippen LogP contribution in [0, 0.1) is 10.1 Å². The molecule has 0 radical (unpaired) electrons. The van der Waals surface area contributed by atoms with Crippen LogP contribution in [-0.4, -0.2) is 10.0 Å². The van der Waals surface area contributed by atoms with Crippen LogP contribution in [0.4, 0.5) is 5.69 Å². The molecule has 0 saturated carbocycles. The zero-order chi connectivity index (χ0) is 12.5. The maximum Gasteiger partial charge on any atom is 0.273 e. The molecule has 1 aromatic carbocycles. The molecule has 0 amide bonds. The molecule has 16 heavy (non-hydrogen) atoms. The van der Waals surface area contributed by atoms with Crippen molar-refractivity contribution in [3.63, 3.8) is 0 Å². The first kappa shape index (κ1) is 12.5. The Morgan fingerprint density at radius 1 is 1.12 bits per heavy atom. The Morgan fingerprint density at radius 3 is 2.00 bits per heavy atom. The lowest BCUT2D eigenvalue weighted by Gasteiger charge is -2.17. The van der Waals surface area contributed by atoms with Crippen LogP contribution in [0.2, 0.25) is 0 Å². The highest BCUT2D eigenvalue weighted by molar-refractivity contribution is 5.54. The fourth-order valence-corrected chi connectivity index (χ4v) is 1.99. The van der Waals surface area contributed by atoms with Crippen molar-refractivity contribution in [1.29, 1.82) is 0 Å². The molecule has 0 bridgehead atoms. The van der Waals surface area contributed by atoms with Crippen LogP contribution in [0.5, 0.6) is 5.75 Å². The summed E-state index contributed by atoms with van der Waals surface area (Å²) in [5.74, 6) is 0.228. The van der Waals surface area contributed by atoms with E-state index in [1.165, 1.54) is 12.1 Å². The van der Waals surface area contributed by atoms with Crippen LogP contribution in [-0.2, 0) is 0 Å². The van der Waals surface area contributed by atoms with Crippen molar-refractivity contribution in [2.24, 2.45) is 0 Å². The highest BCUT2D eigenvalue weighted by Gasteiger charge is 2.24. The largest absolute Gasteiger partial charge is 0.508 e. The zero-order valence-electron chi connectivity index (χ0n) is 10.0. The van der Waals surface area contributed by atoms with Gasteiger partial charge in [-0.25, -0.2) is 0 Å². The first-order valence-electron chi connectivity index (χ1n) is 5.36. The van der Waals surface area contributed by atoms with Gasteiger partial charge in [-0.1, -0.05) is 27.7 Å². The van der Waals surface area contributed by atoms with Gasteiger partial charge in [0.1, 0.15) is 5.75 Å². The molecule has 0 heterocycles. The number of hydrogen-bond acceptors (Lipinski definition) is 3. The average molecular weight is 223 g/mol. The fourth-order valence-electron chi connectivity index (χ4n) is 1.99. The summed E-state index contributed by atoms with van der Waals surface area (Å²) in [6, 6.07) is 2.77. The van der Waals surface area contributed by atoms with Gasteiger partial charge in [0.05, 0.1) is 4.92 Å². The third kappa shape index (κ3) is 2.15. The van der Waals surface area contributed by atoms with Crippen molar-refractivity contribution in [3.8, 4) is 5.75 Å². The average Bonchev–Trinajstić information content (AvgIpc) is 2.15. The number of phenolic OH excluding ortho intramolecular Hbond substituents is 1. The van der Waals surface area contributed by atoms with E-state index in [0.717, 1.165) is 0 Å². The maximum absolute atomic E-state index is 10.9. The van der Waals surface area contributed by atoms with Crippen LogP contribution in [0.25, 0.3) is 0 Å². The summed E-state index contributed by atoms with van der Waals surface area (Å²) in [6.45, 7) is 7.64. The Bertz CT molecular complexity index is 411. The van der Waals surface area contributed by atoms with Crippen LogP contribution in [0.1, 0.15) is 50.7 Å². The molecule has 0 atom stereocenters. The van der Waals surface area contributed by atoms with E-state index >= 15 is 0 Å². The minimum atomic E-state index is -0.388. The number of nitro groups is 1. The Kier molecular flexibility index (Phi) is 3.52. The second-order valence-electron chi connectivity index (χ2n) is 4.50.